The van der Waals surface area contributed by atoms with E-state index >= 15 is 0 Å². The molecule has 0 unspecified atom stereocenters. The van der Waals surface area contributed by atoms with Crippen LogP contribution in [0, 0.1) is 0 Å². The summed E-state index contributed by atoms with van der Waals surface area (Å²) in [6.07, 6.45) is 2.12. The second-order valence-corrected chi connectivity index (χ2v) is 5.02. The van der Waals surface area contributed by atoms with Gasteiger partial charge in [-0.25, -0.2) is 9.78 Å². The number of esters is 1. The molecular formula is C16H17N3O4. The predicted octanol–water partition coefficient (Wildman–Crippen LogP) is 2.06. The summed E-state index contributed by atoms with van der Waals surface area (Å²) in [4.78, 5) is 21.8. The first-order valence-electron chi connectivity index (χ1n) is 7.31. The number of rotatable bonds is 4. The molecule has 2 heterocycles. The van der Waals surface area contributed by atoms with Gasteiger partial charge in [0.05, 0.1) is 19.9 Å². The molecule has 1 N–H and O–H groups in total. The Kier molecular flexibility index (Phi) is 4.01. The number of hydrogen-bond acceptors (Lipinski definition) is 7. The van der Waals surface area contributed by atoms with Crippen molar-refractivity contribution in [1.29, 1.82) is 0 Å². The number of carbonyl (C=O) groups excluding carboxylic acids is 1. The van der Waals surface area contributed by atoms with E-state index in [1.807, 2.05) is 23.1 Å². The van der Waals surface area contributed by atoms with Crippen molar-refractivity contribution in [1.82, 2.24) is 9.97 Å². The van der Waals surface area contributed by atoms with Crippen LogP contribution in [0.25, 0.3) is 0 Å². The second kappa shape index (κ2) is 6.12. The van der Waals surface area contributed by atoms with E-state index in [1.54, 1.807) is 14.0 Å². The van der Waals surface area contributed by atoms with Gasteiger partial charge in [0.1, 0.15) is 11.3 Å². The van der Waals surface area contributed by atoms with E-state index in [1.165, 1.54) is 6.20 Å². The SMILES string of the molecule is CCOC(=O)c1cnc(N2CCc3cc(OC)ccc32)nc1O. The number of nitrogens with zero attached hydrogens (tertiary/aromatic N) is 3. The first kappa shape index (κ1) is 15.1. The largest absolute Gasteiger partial charge is 0.497 e. The summed E-state index contributed by atoms with van der Waals surface area (Å²) in [6, 6.07) is 5.77. The zero-order valence-electron chi connectivity index (χ0n) is 12.9. The molecule has 0 amide bonds. The molecule has 1 aliphatic heterocycles. The van der Waals surface area contributed by atoms with Crippen LogP contribution in [-0.4, -0.2) is 41.3 Å². The Morgan fingerprint density at radius 1 is 1.43 bits per heavy atom. The second-order valence-electron chi connectivity index (χ2n) is 5.02. The minimum Gasteiger partial charge on any atom is -0.497 e. The Labute approximate surface area is 133 Å². The molecule has 120 valence electrons. The van der Waals surface area contributed by atoms with Crippen LogP contribution in [0.15, 0.2) is 24.4 Å². The fourth-order valence-corrected chi connectivity index (χ4v) is 2.56. The highest BCUT2D eigenvalue weighted by Crippen LogP contribution is 2.35. The maximum absolute atomic E-state index is 11.7. The average Bonchev–Trinajstić information content (AvgIpc) is 2.97. The fourth-order valence-electron chi connectivity index (χ4n) is 2.56. The third-order valence-corrected chi connectivity index (χ3v) is 3.67. The van der Waals surface area contributed by atoms with Gasteiger partial charge in [0.2, 0.25) is 11.8 Å². The quantitative estimate of drug-likeness (QED) is 0.864. The molecule has 0 saturated carbocycles. The van der Waals surface area contributed by atoms with Crippen LogP contribution in [0.2, 0.25) is 0 Å². The maximum Gasteiger partial charge on any atom is 0.345 e. The molecular weight excluding hydrogens is 298 g/mol. The smallest absolute Gasteiger partial charge is 0.345 e. The van der Waals surface area contributed by atoms with Gasteiger partial charge in [-0.15, -0.1) is 0 Å². The normalized spacial score (nSPS) is 12.9. The number of anilines is 2. The minimum atomic E-state index is -0.636. The molecule has 0 spiro atoms. The molecule has 0 atom stereocenters. The van der Waals surface area contributed by atoms with Gasteiger partial charge < -0.3 is 19.5 Å². The standard InChI is InChI=1S/C16H17N3O4/c1-3-23-15(21)12-9-17-16(18-14(12)20)19-7-6-10-8-11(22-2)4-5-13(10)19/h4-5,8-9H,3,6-7H2,1-2H3,(H,17,18,20). The van der Waals surface area contributed by atoms with E-state index in [0.717, 1.165) is 23.4 Å². The molecule has 0 aliphatic carbocycles. The molecule has 23 heavy (non-hydrogen) atoms. The van der Waals surface area contributed by atoms with E-state index in [-0.39, 0.29) is 18.1 Å². The van der Waals surface area contributed by atoms with Crippen molar-refractivity contribution in [3.05, 3.63) is 35.5 Å². The third kappa shape index (κ3) is 2.77. The number of aromatic hydroxyl groups is 1. The highest BCUT2D eigenvalue weighted by molar-refractivity contribution is 5.91. The summed E-state index contributed by atoms with van der Waals surface area (Å²) in [5, 5.41) is 9.98. The van der Waals surface area contributed by atoms with Crippen LogP contribution in [0.5, 0.6) is 11.6 Å². The van der Waals surface area contributed by atoms with Gasteiger partial charge in [-0.05, 0) is 37.1 Å². The monoisotopic (exact) mass is 315 g/mol. The van der Waals surface area contributed by atoms with E-state index in [2.05, 4.69) is 9.97 Å². The predicted molar refractivity (Wildman–Crippen MR) is 83.4 cm³/mol. The van der Waals surface area contributed by atoms with Gasteiger partial charge in [0.15, 0.2) is 0 Å². The number of methoxy groups -OCH3 is 1. The van der Waals surface area contributed by atoms with Crippen LogP contribution in [-0.2, 0) is 11.2 Å². The van der Waals surface area contributed by atoms with E-state index in [0.29, 0.717) is 12.5 Å². The Morgan fingerprint density at radius 3 is 2.96 bits per heavy atom. The summed E-state index contributed by atoms with van der Waals surface area (Å²) >= 11 is 0. The van der Waals surface area contributed by atoms with Gasteiger partial charge in [0.25, 0.3) is 0 Å². The summed E-state index contributed by atoms with van der Waals surface area (Å²) in [7, 11) is 1.63. The molecule has 1 aromatic carbocycles. The number of ether oxygens (including phenoxy) is 2. The number of fused-ring (bicyclic) bond motifs is 1. The van der Waals surface area contributed by atoms with Gasteiger partial charge >= 0.3 is 5.97 Å². The van der Waals surface area contributed by atoms with Gasteiger partial charge in [-0.3, -0.25) is 0 Å². The summed E-state index contributed by atoms with van der Waals surface area (Å²) in [6.45, 7) is 2.61. The van der Waals surface area contributed by atoms with E-state index in [4.69, 9.17) is 9.47 Å². The molecule has 1 aliphatic rings. The van der Waals surface area contributed by atoms with Crippen molar-refractivity contribution in [3.63, 3.8) is 0 Å². The third-order valence-electron chi connectivity index (χ3n) is 3.67. The number of carbonyl (C=O) groups is 1. The maximum atomic E-state index is 11.7. The van der Waals surface area contributed by atoms with Crippen molar-refractivity contribution in [2.75, 3.05) is 25.2 Å². The van der Waals surface area contributed by atoms with Crippen molar-refractivity contribution in [2.24, 2.45) is 0 Å². The van der Waals surface area contributed by atoms with Crippen molar-refractivity contribution in [2.45, 2.75) is 13.3 Å². The molecule has 1 aromatic heterocycles. The lowest BCUT2D eigenvalue weighted by Crippen LogP contribution is -2.17. The molecule has 2 aromatic rings. The molecule has 3 rings (SSSR count). The highest BCUT2D eigenvalue weighted by Gasteiger charge is 2.24. The van der Waals surface area contributed by atoms with Crippen LogP contribution < -0.4 is 9.64 Å². The van der Waals surface area contributed by atoms with Crippen LogP contribution >= 0.6 is 0 Å². The lowest BCUT2D eigenvalue weighted by molar-refractivity contribution is 0.0521. The molecule has 0 fully saturated rings. The Morgan fingerprint density at radius 2 is 2.26 bits per heavy atom. The molecule has 7 nitrogen and oxygen atoms in total. The summed E-state index contributed by atoms with van der Waals surface area (Å²) in [5.74, 6) is 0.130. The van der Waals surface area contributed by atoms with Crippen molar-refractivity contribution >= 4 is 17.6 Å². The van der Waals surface area contributed by atoms with Gasteiger partial charge in [0, 0.05) is 12.2 Å². The fraction of sp³-hybridized carbons (Fsp3) is 0.312. The topological polar surface area (TPSA) is 84.8 Å². The summed E-state index contributed by atoms with van der Waals surface area (Å²) in [5.41, 5.74) is 2.06. The Hall–Kier alpha value is -2.83. The summed E-state index contributed by atoms with van der Waals surface area (Å²) < 4.78 is 10.1. The first-order valence-corrected chi connectivity index (χ1v) is 7.31. The molecule has 0 radical (unpaired) electrons. The van der Waals surface area contributed by atoms with Crippen LogP contribution in [0.4, 0.5) is 11.6 Å². The van der Waals surface area contributed by atoms with Crippen molar-refractivity contribution in [3.8, 4) is 11.6 Å². The van der Waals surface area contributed by atoms with E-state index < -0.39 is 5.97 Å². The van der Waals surface area contributed by atoms with Crippen molar-refractivity contribution < 1.29 is 19.4 Å². The van der Waals surface area contributed by atoms with E-state index in [9.17, 15) is 9.90 Å². The van der Waals surface area contributed by atoms with Gasteiger partial charge in [-0.1, -0.05) is 0 Å². The number of aromatic nitrogens is 2. The lowest BCUT2D eigenvalue weighted by Gasteiger charge is -2.17. The molecule has 0 bridgehead atoms. The van der Waals surface area contributed by atoms with Crippen LogP contribution in [0.3, 0.4) is 0 Å². The number of benzene rings is 1. The highest BCUT2D eigenvalue weighted by atomic mass is 16.5. The molecule has 7 heteroatoms. The zero-order valence-corrected chi connectivity index (χ0v) is 12.9. The number of hydrogen-bond donors (Lipinski definition) is 1. The lowest BCUT2D eigenvalue weighted by atomic mass is 10.1. The minimum absolute atomic E-state index is 0.0373. The first-order chi connectivity index (χ1) is 11.1. The van der Waals surface area contributed by atoms with Gasteiger partial charge in [-0.2, -0.15) is 4.98 Å². The molecule has 0 saturated heterocycles. The van der Waals surface area contributed by atoms with Crippen LogP contribution in [0.1, 0.15) is 22.8 Å². The Balaban J connectivity index is 1.90. The average molecular weight is 315 g/mol. The Bertz CT molecular complexity index is 748. The zero-order chi connectivity index (χ0) is 16.4.